The first-order valence-corrected chi connectivity index (χ1v) is 5.91. The quantitative estimate of drug-likeness (QED) is 0.675. The standard InChI is InChI=1S/C9H18N2O2S/c1-9(2)3-4-14-6-7(9)11-13-5-8(10)12/h7,11H,3-6H2,1-2H3,(H2,10,12). The molecule has 1 amide bonds. The molecule has 1 atom stereocenters. The summed E-state index contributed by atoms with van der Waals surface area (Å²) in [5, 5.41) is 0. The number of nitrogens with two attached hydrogens (primary N) is 1. The minimum absolute atomic E-state index is 0.0583. The lowest BCUT2D eigenvalue weighted by molar-refractivity contribution is -0.127. The summed E-state index contributed by atoms with van der Waals surface area (Å²) in [5.41, 5.74) is 8.11. The van der Waals surface area contributed by atoms with Gasteiger partial charge in [0, 0.05) is 11.8 Å². The van der Waals surface area contributed by atoms with Crippen molar-refractivity contribution in [3.8, 4) is 0 Å². The Balaban J connectivity index is 2.31. The molecule has 1 saturated heterocycles. The van der Waals surface area contributed by atoms with Gasteiger partial charge in [-0.25, -0.2) is 0 Å². The molecule has 4 nitrogen and oxygen atoms in total. The average Bonchev–Trinajstić information content (AvgIpc) is 2.07. The number of rotatable bonds is 4. The Hall–Kier alpha value is -0.260. The molecule has 5 heteroatoms. The number of carbonyl (C=O) groups excluding carboxylic acids is 1. The Bertz CT molecular complexity index is 209. The normalized spacial score (nSPS) is 26.0. The van der Waals surface area contributed by atoms with Gasteiger partial charge in [0.25, 0.3) is 0 Å². The minimum atomic E-state index is -0.446. The summed E-state index contributed by atoms with van der Waals surface area (Å²) in [5.74, 6) is 1.77. The molecule has 1 heterocycles. The van der Waals surface area contributed by atoms with E-state index in [1.54, 1.807) is 0 Å². The maximum Gasteiger partial charge on any atom is 0.245 e. The number of nitrogens with one attached hydrogen (secondary N) is 1. The van der Waals surface area contributed by atoms with E-state index in [9.17, 15) is 4.79 Å². The lowest BCUT2D eigenvalue weighted by atomic mass is 9.83. The van der Waals surface area contributed by atoms with E-state index in [1.807, 2.05) is 11.8 Å². The molecule has 3 N–H and O–H groups in total. The number of amides is 1. The van der Waals surface area contributed by atoms with Crippen molar-refractivity contribution in [3.05, 3.63) is 0 Å². The molecule has 1 fully saturated rings. The van der Waals surface area contributed by atoms with Gasteiger partial charge in [0.2, 0.25) is 5.91 Å². The van der Waals surface area contributed by atoms with Gasteiger partial charge in [-0.05, 0) is 17.6 Å². The number of carbonyl (C=O) groups is 1. The Morgan fingerprint density at radius 1 is 1.71 bits per heavy atom. The third-order valence-electron chi connectivity index (χ3n) is 2.56. The minimum Gasteiger partial charge on any atom is -0.368 e. The van der Waals surface area contributed by atoms with Gasteiger partial charge in [0.15, 0.2) is 0 Å². The topological polar surface area (TPSA) is 64.3 Å². The second-order valence-electron chi connectivity index (χ2n) is 4.24. The first-order valence-electron chi connectivity index (χ1n) is 4.76. The monoisotopic (exact) mass is 218 g/mol. The van der Waals surface area contributed by atoms with Crippen LogP contribution in [0.4, 0.5) is 0 Å². The number of hydrogen-bond acceptors (Lipinski definition) is 4. The van der Waals surface area contributed by atoms with Crippen LogP contribution in [0.2, 0.25) is 0 Å². The zero-order valence-electron chi connectivity index (χ0n) is 8.71. The van der Waals surface area contributed by atoms with E-state index in [0.29, 0.717) is 6.04 Å². The summed E-state index contributed by atoms with van der Waals surface area (Å²) in [7, 11) is 0. The molecule has 0 aliphatic carbocycles. The van der Waals surface area contributed by atoms with E-state index in [1.165, 1.54) is 5.75 Å². The lowest BCUT2D eigenvalue weighted by Crippen LogP contribution is -2.47. The number of hydroxylamine groups is 1. The molecule has 0 aromatic carbocycles. The van der Waals surface area contributed by atoms with Crippen molar-refractivity contribution in [1.29, 1.82) is 0 Å². The average molecular weight is 218 g/mol. The Morgan fingerprint density at radius 3 is 3.00 bits per heavy atom. The zero-order chi connectivity index (χ0) is 10.6. The van der Waals surface area contributed by atoms with Crippen molar-refractivity contribution in [2.24, 2.45) is 11.1 Å². The van der Waals surface area contributed by atoms with Crippen LogP contribution in [0.1, 0.15) is 20.3 Å². The Kier molecular flexibility index (Phi) is 4.22. The first kappa shape index (κ1) is 11.8. The summed E-state index contributed by atoms with van der Waals surface area (Å²) in [6.45, 7) is 4.35. The predicted molar refractivity (Wildman–Crippen MR) is 57.8 cm³/mol. The molecule has 0 radical (unpaired) electrons. The van der Waals surface area contributed by atoms with Crippen LogP contribution in [0, 0.1) is 5.41 Å². The van der Waals surface area contributed by atoms with Gasteiger partial charge in [0.05, 0.1) is 0 Å². The molecule has 0 saturated carbocycles. The SMILES string of the molecule is CC1(C)CCSCC1NOCC(N)=O. The van der Waals surface area contributed by atoms with Crippen LogP contribution < -0.4 is 11.2 Å². The van der Waals surface area contributed by atoms with Gasteiger partial charge < -0.3 is 5.73 Å². The molecular weight excluding hydrogens is 200 g/mol. The van der Waals surface area contributed by atoms with Crippen molar-refractivity contribution in [1.82, 2.24) is 5.48 Å². The molecule has 0 bridgehead atoms. The van der Waals surface area contributed by atoms with Gasteiger partial charge in [-0.2, -0.15) is 17.2 Å². The highest BCUT2D eigenvalue weighted by Gasteiger charge is 2.32. The summed E-state index contributed by atoms with van der Waals surface area (Å²) in [4.78, 5) is 15.5. The van der Waals surface area contributed by atoms with Crippen LogP contribution in [0.3, 0.4) is 0 Å². The van der Waals surface area contributed by atoms with Gasteiger partial charge in [-0.3, -0.25) is 9.63 Å². The largest absolute Gasteiger partial charge is 0.368 e. The second-order valence-corrected chi connectivity index (χ2v) is 5.39. The molecule has 1 aliphatic rings. The highest BCUT2D eigenvalue weighted by molar-refractivity contribution is 7.99. The second kappa shape index (κ2) is 5.00. The predicted octanol–water partition coefficient (Wildman–Crippen LogP) is 0.525. The summed E-state index contributed by atoms with van der Waals surface area (Å²) in [6, 6.07) is 0.292. The van der Waals surface area contributed by atoms with Crippen LogP contribution in [0.5, 0.6) is 0 Å². The van der Waals surface area contributed by atoms with E-state index in [0.717, 1.165) is 12.2 Å². The van der Waals surface area contributed by atoms with E-state index in [2.05, 4.69) is 19.3 Å². The fourth-order valence-corrected chi connectivity index (χ4v) is 2.94. The van der Waals surface area contributed by atoms with E-state index < -0.39 is 5.91 Å². The van der Waals surface area contributed by atoms with Crippen molar-refractivity contribution >= 4 is 17.7 Å². The maximum absolute atomic E-state index is 10.5. The number of hydrogen-bond donors (Lipinski definition) is 2. The molecule has 0 aromatic heterocycles. The molecule has 82 valence electrons. The van der Waals surface area contributed by atoms with E-state index in [-0.39, 0.29) is 12.0 Å². The summed E-state index contributed by atoms with van der Waals surface area (Å²) >= 11 is 1.91. The molecule has 1 rings (SSSR count). The maximum atomic E-state index is 10.5. The van der Waals surface area contributed by atoms with E-state index in [4.69, 9.17) is 10.6 Å². The lowest BCUT2D eigenvalue weighted by Gasteiger charge is -2.38. The zero-order valence-corrected chi connectivity index (χ0v) is 9.52. The van der Waals surface area contributed by atoms with Gasteiger partial charge in [-0.15, -0.1) is 0 Å². The molecule has 1 unspecified atom stereocenters. The first-order chi connectivity index (χ1) is 6.52. The molecule has 0 spiro atoms. The van der Waals surface area contributed by atoms with Crippen LogP contribution >= 0.6 is 11.8 Å². The van der Waals surface area contributed by atoms with Crippen LogP contribution in [-0.2, 0) is 9.63 Å². The highest BCUT2D eigenvalue weighted by atomic mass is 32.2. The molecule has 1 aliphatic heterocycles. The molecule has 14 heavy (non-hydrogen) atoms. The molecular formula is C9H18N2O2S. The van der Waals surface area contributed by atoms with Crippen LogP contribution in [0.25, 0.3) is 0 Å². The van der Waals surface area contributed by atoms with Crippen molar-refractivity contribution in [2.75, 3.05) is 18.1 Å². The Labute approximate surface area is 88.9 Å². The van der Waals surface area contributed by atoms with Gasteiger partial charge in [-0.1, -0.05) is 13.8 Å². The third-order valence-corrected chi connectivity index (χ3v) is 3.62. The Morgan fingerprint density at radius 2 is 2.43 bits per heavy atom. The smallest absolute Gasteiger partial charge is 0.245 e. The highest BCUT2D eigenvalue weighted by Crippen LogP contribution is 2.33. The van der Waals surface area contributed by atoms with Crippen molar-refractivity contribution < 1.29 is 9.63 Å². The van der Waals surface area contributed by atoms with Gasteiger partial charge in [0.1, 0.15) is 6.61 Å². The summed E-state index contributed by atoms with van der Waals surface area (Å²) in [6.07, 6.45) is 1.16. The van der Waals surface area contributed by atoms with E-state index >= 15 is 0 Å². The summed E-state index contributed by atoms with van der Waals surface area (Å²) < 4.78 is 0. The fraction of sp³-hybridized carbons (Fsp3) is 0.889. The van der Waals surface area contributed by atoms with Gasteiger partial charge >= 0.3 is 0 Å². The van der Waals surface area contributed by atoms with Crippen LogP contribution in [-0.4, -0.2) is 30.1 Å². The fourth-order valence-electron chi connectivity index (χ4n) is 1.34. The van der Waals surface area contributed by atoms with Crippen molar-refractivity contribution in [2.45, 2.75) is 26.3 Å². The molecule has 0 aromatic rings. The van der Waals surface area contributed by atoms with Crippen LogP contribution in [0.15, 0.2) is 0 Å². The van der Waals surface area contributed by atoms with Crippen molar-refractivity contribution in [3.63, 3.8) is 0 Å². The number of thioether (sulfide) groups is 1. The number of primary amides is 1. The third kappa shape index (κ3) is 3.48.